The van der Waals surface area contributed by atoms with Crippen LogP contribution in [0.4, 0.5) is 5.13 Å². The number of thioether (sulfide) groups is 1. The van der Waals surface area contributed by atoms with Gasteiger partial charge in [0.1, 0.15) is 41.5 Å². The Balaban J connectivity index is 1.49. The van der Waals surface area contributed by atoms with Gasteiger partial charge in [-0.05, 0) is 20.8 Å². The molecule has 2 aliphatic heterocycles. The molecule has 18 heteroatoms. The molecule has 242 valence electrons. The number of nitrogen functional groups attached to an aromatic ring is 1. The van der Waals surface area contributed by atoms with E-state index < -0.39 is 58.6 Å². The number of quaternary nitrogens is 1. The van der Waals surface area contributed by atoms with E-state index in [9.17, 15) is 34.2 Å². The van der Waals surface area contributed by atoms with Crippen molar-refractivity contribution in [2.75, 3.05) is 38.7 Å². The number of β-lactam (4-membered cyclic amide) rings is 1. The predicted octanol–water partition coefficient (Wildman–Crippen LogP) is 0.197. The Kier molecular flexibility index (Phi) is 9.59. The van der Waals surface area contributed by atoms with Crippen LogP contribution >= 0.6 is 23.1 Å². The molecule has 45 heavy (non-hydrogen) atoms. The molecule has 2 aromatic rings. The third kappa shape index (κ3) is 8.00. The summed E-state index contributed by atoms with van der Waals surface area (Å²) in [4.78, 5) is 76.0. The number of aromatic hydroxyl groups is 1. The van der Waals surface area contributed by atoms with Gasteiger partial charge in [0.25, 0.3) is 11.8 Å². The molecule has 16 nitrogen and oxygen atoms in total. The Bertz CT molecular complexity index is 1640. The van der Waals surface area contributed by atoms with Crippen LogP contribution in [0.25, 0.3) is 0 Å². The molecule has 2 amide bonds. The summed E-state index contributed by atoms with van der Waals surface area (Å²) in [6, 6.07) is 0.204. The topological polar surface area (TPSA) is 227 Å². The summed E-state index contributed by atoms with van der Waals surface area (Å²) in [5, 5.41) is 26.9. The molecular formula is C27H34N7O9S2+. The van der Waals surface area contributed by atoms with E-state index in [1.165, 1.54) is 29.4 Å². The summed E-state index contributed by atoms with van der Waals surface area (Å²) in [7, 11) is 3.68. The smallest absolute Gasteiger partial charge is 0.352 e. The number of fused-ring (bicyclic) bond motifs is 1. The van der Waals surface area contributed by atoms with Crippen molar-refractivity contribution in [1.29, 1.82) is 0 Å². The number of nitrogens with zero attached hydrogens (tertiary/aromatic N) is 4. The highest BCUT2D eigenvalue weighted by Crippen LogP contribution is 2.41. The molecule has 0 spiro atoms. The number of amides is 2. The summed E-state index contributed by atoms with van der Waals surface area (Å²) in [6.45, 7) is 5.01. The number of oxime groups is 1. The number of esters is 1. The number of carboxylic acids is 1. The number of hydrogen-bond acceptors (Lipinski definition) is 13. The van der Waals surface area contributed by atoms with E-state index in [4.69, 9.17) is 15.3 Å². The molecule has 1 fully saturated rings. The number of nitrogens with one attached hydrogen (secondary N) is 2. The molecule has 0 aliphatic carbocycles. The number of aliphatic carboxylic acids is 1. The van der Waals surface area contributed by atoms with Gasteiger partial charge in [-0.1, -0.05) is 5.16 Å². The molecule has 4 rings (SSSR count). The zero-order valence-electron chi connectivity index (χ0n) is 25.2. The van der Waals surface area contributed by atoms with E-state index in [1.54, 1.807) is 20.8 Å². The number of pyridine rings is 1. The van der Waals surface area contributed by atoms with Gasteiger partial charge in [0.2, 0.25) is 12.0 Å². The lowest BCUT2D eigenvalue weighted by molar-refractivity contribution is -0.899. The second-order valence-electron chi connectivity index (χ2n) is 11.9. The average molecular weight is 665 g/mol. The number of likely N-dealkylation sites (N-methyl/N-ethyl adjacent to an activating group) is 1. The van der Waals surface area contributed by atoms with Crippen LogP contribution in [0.1, 0.15) is 32.2 Å². The maximum absolute atomic E-state index is 13.3. The summed E-state index contributed by atoms with van der Waals surface area (Å²) in [5.74, 6) is -3.61. The second-order valence-corrected chi connectivity index (χ2v) is 13.9. The molecule has 4 heterocycles. The van der Waals surface area contributed by atoms with Crippen LogP contribution in [0.2, 0.25) is 0 Å². The number of carboxylic acid groups (broad SMARTS) is 1. The SMILES string of the molecule is CC(C)(C)OC(=O)CON=C(C(=O)N[C@@H]1C(=O)N2C(C(=O)O)=C(C[N+](C)(C)Cc3cc(=O)c(O)c[nH]3)CS[C@@H]12)c1csc(N)n1. The maximum atomic E-state index is 13.3. The molecule has 6 N–H and O–H groups in total. The van der Waals surface area contributed by atoms with Crippen LogP contribution in [-0.4, -0.2) is 109 Å². The lowest BCUT2D eigenvalue weighted by Gasteiger charge is -2.49. The Labute approximate surface area is 265 Å². The van der Waals surface area contributed by atoms with Gasteiger partial charge in [-0.25, -0.2) is 14.6 Å². The van der Waals surface area contributed by atoms with E-state index in [0.717, 1.165) is 16.2 Å². The van der Waals surface area contributed by atoms with Crippen molar-refractivity contribution in [1.82, 2.24) is 20.2 Å². The molecule has 2 atom stereocenters. The summed E-state index contributed by atoms with van der Waals surface area (Å²) in [6.07, 6.45) is 1.19. The molecule has 0 bridgehead atoms. The first kappa shape index (κ1) is 33.5. The fourth-order valence-electron chi connectivity index (χ4n) is 4.77. The van der Waals surface area contributed by atoms with E-state index in [0.29, 0.717) is 17.8 Å². The quantitative estimate of drug-likeness (QED) is 0.0714. The van der Waals surface area contributed by atoms with Gasteiger partial charge in [-0.3, -0.25) is 19.3 Å². The number of carbonyl (C=O) groups is 4. The largest absolute Gasteiger partial charge is 0.503 e. The van der Waals surface area contributed by atoms with Crippen LogP contribution in [0.15, 0.2) is 38.9 Å². The number of rotatable bonds is 11. The van der Waals surface area contributed by atoms with Gasteiger partial charge in [-0.2, -0.15) is 0 Å². The van der Waals surface area contributed by atoms with Crippen LogP contribution in [-0.2, 0) is 35.3 Å². The minimum absolute atomic E-state index is 0.0579. The molecule has 0 unspecified atom stereocenters. The number of hydrogen-bond donors (Lipinski definition) is 5. The van der Waals surface area contributed by atoms with E-state index in [-0.39, 0.29) is 39.0 Å². The van der Waals surface area contributed by atoms with Gasteiger partial charge in [0.15, 0.2) is 16.6 Å². The zero-order valence-corrected chi connectivity index (χ0v) is 26.8. The standard InChI is InChI=1S/C27H33N7O9S2/c1-27(2,3)43-18(37)10-42-32-19(15-12-45-26(28)30-15)22(38)31-20-23(39)33-21(25(40)41)13(11-44-24(20)33)8-34(4,5)9-14-6-16(35)17(36)7-29-14/h6-7,12,20,24H,8-11H2,1-5H3,(H5-,28,29,30,31,32,35,36,38,40,41)/p+1/t20-,24+/m1/s1. The monoisotopic (exact) mass is 664 g/mol. The molecule has 0 saturated carbocycles. The highest BCUT2D eigenvalue weighted by Gasteiger charge is 2.55. The van der Waals surface area contributed by atoms with Crippen molar-refractivity contribution in [2.45, 2.75) is 44.3 Å². The Hall–Kier alpha value is -4.42. The molecule has 1 saturated heterocycles. The van der Waals surface area contributed by atoms with E-state index in [1.807, 2.05) is 14.1 Å². The number of nitrogens with two attached hydrogens (primary N) is 1. The van der Waals surface area contributed by atoms with Crippen molar-refractivity contribution in [3.05, 3.63) is 50.5 Å². The molecular weight excluding hydrogens is 630 g/mol. The lowest BCUT2D eigenvalue weighted by Crippen LogP contribution is -2.71. The Morgan fingerprint density at radius 1 is 1.27 bits per heavy atom. The van der Waals surface area contributed by atoms with Gasteiger partial charge in [0, 0.05) is 29.0 Å². The first-order valence-electron chi connectivity index (χ1n) is 13.5. The normalized spacial score (nSPS) is 18.6. The summed E-state index contributed by atoms with van der Waals surface area (Å²) in [5.41, 5.74) is 5.03. The fourth-order valence-corrected chi connectivity index (χ4v) is 6.65. The minimum atomic E-state index is -1.29. The number of anilines is 1. The molecule has 2 aliphatic rings. The molecule has 2 aromatic heterocycles. The van der Waals surface area contributed by atoms with Gasteiger partial charge >= 0.3 is 11.9 Å². The number of thiazole rings is 1. The molecule has 0 radical (unpaired) electrons. The Morgan fingerprint density at radius 2 is 1.98 bits per heavy atom. The van der Waals surface area contributed by atoms with Crippen molar-refractivity contribution in [3.63, 3.8) is 0 Å². The average Bonchev–Trinajstić information content (AvgIpc) is 3.35. The third-order valence-corrected chi connectivity index (χ3v) is 8.46. The third-order valence-electron chi connectivity index (χ3n) is 6.44. The van der Waals surface area contributed by atoms with Crippen LogP contribution < -0.4 is 16.5 Å². The fraction of sp³-hybridized carbons (Fsp3) is 0.444. The highest BCUT2D eigenvalue weighted by atomic mass is 32.2. The van der Waals surface area contributed by atoms with Gasteiger partial charge < -0.3 is 40.3 Å². The van der Waals surface area contributed by atoms with Crippen molar-refractivity contribution in [2.24, 2.45) is 5.16 Å². The molecule has 0 aromatic carbocycles. The maximum Gasteiger partial charge on any atom is 0.352 e. The van der Waals surface area contributed by atoms with E-state index in [2.05, 4.69) is 20.4 Å². The van der Waals surface area contributed by atoms with Crippen molar-refractivity contribution in [3.8, 4) is 5.75 Å². The Morgan fingerprint density at radius 3 is 2.58 bits per heavy atom. The number of carbonyl (C=O) groups excluding carboxylic acids is 3. The minimum Gasteiger partial charge on any atom is -0.503 e. The highest BCUT2D eigenvalue weighted by molar-refractivity contribution is 8.00. The van der Waals surface area contributed by atoms with Crippen LogP contribution in [0.3, 0.4) is 0 Å². The summed E-state index contributed by atoms with van der Waals surface area (Å²) < 4.78 is 5.40. The van der Waals surface area contributed by atoms with Crippen molar-refractivity contribution >= 4 is 57.7 Å². The van der Waals surface area contributed by atoms with Crippen LogP contribution in [0, 0.1) is 0 Å². The predicted molar refractivity (Wildman–Crippen MR) is 164 cm³/mol. The summed E-state index contributed by atoms with van der Waals surface area (Å²) >= 11 is 2.33. The first-order valence-corrected chi connectivity index (χ1v) is 15.5. The van der Waals surface area contributed by atoms with Crippen LogP contribution in [0.5, 0.6) is 5.75 Å². The van der Waals surface area contributed by atoms with Gasteiger partial charge in [0.05, 0.1) is 19.8 Å². The number of ether oxygens (including phenoxy) is 1. The first-order chi connectivity index (χ1) is 21.0. The second kappa shape index (κ2) is 12.9. The number of aromatic amines is 1. The van der Waals surface area contributed by atoms with Gasteiger partial charge in [-0.15, -0.1) is 23.1 Å². The number of aromatic nitrogens is 2. The lowest BCUT2D eigenvalue weighted by atomic mass is 10.0. The number of H-pyrrole nitrogens is 1. The van der Waals surface area contributed by atoms with E-state index >= 15 is 0 Å². The van der Waals surface area contributed by atoms with Crippen molar-refractivity contribution < 1.29 is 43.4 Å². The zero-order chi connectivity index (χ0) is 33.3.